The number of nitrogen functional groups attached to an aromatic ring is 1. The van der Waals surface area contributed by atoms with E-state index >= 15 is 0 Å². The highest BCUT2D eigenvalue weighted by molar-refractivity contribution is 5.85. The third kappa shape index (κ3) is 4.57. The van der Waals surface area contributed by atoms with Crippen molar-refractivity contribution in [1.29, 1.82) is 0 Å². The van der Waals surface area contributed by atoms with Crippen LogP contribution in [0.3, 0.4) is 0 Å². The number of nitrogens with zero attached hydrogens (tertiary/aromatic N) is 1. The first-order valence-corrected chi connectivity index (χ1v) is 6.01. The monoisotopic (exact) mass is 265 g/mol. The lowest BCUT2D eigenvalue weighted by Gasteiger charge is -2.19. The summed E-state index contributed by atoms with van der Waals surface area (Å²) in [6, 6.07) is 2.71. The Balaban J connectivity index is 2.62. The van der Waals surface area contributed by atoms with Gasteiger partial charge in [0.25, 0.3) is 0 Å². The molecule has 3 N–H and O–H groups in total. The summed E-state index contributed by atoms with van der Waals surface area (Å²) in [5.41, 5.74) is 6.65. The Morgan fingerprint density at radius 3 is 2.58 bits per heavy atom. The van der Waals surface area contributed by atoms with Crippen molar-refractivity contribution in [2.75, 3.05) is 12.8 Å². The fourth-order valence-electron chi connectivity index (χ4n) is 1.55. The van der Waals surface area contributed by atoms with E-state index in [4.69, 9.17) is 5.73 Å². The Kier molecular flexibility index (Phi) is 5.29. The van der Waals surface area contributed by atoms with Gasteiger partial charge in [-0.3, -0.25) is 9.78 Å². The Morgan fingerprint density at radius 1 is 1.42 bits per heavy atom. The second kappa shape index (κ2) is 6.72. The molecule has 6 nitrogen and oxygen atoms in total. The molecule has 0 saturated heterocycles. The van der Waals surface area contributed by atoms with E-state index in [0.717, 1.165) is 0 Å². The number of hydrogen-bond donors (Lipinski definition) is 2. The molecule has 0 radical (unpaired) electrons. The van der Waals surface area contributed by atoms with Crippen LogP contribution in [0.2, 0.25) is 0 Å². The molecule has 0 unspecified atom stereocenters. The van der Waals surface area contributed by atoms with Gasteiger partial charge in [0.15, 0.2) is 0 Å². The molecule has 104 valence electrons. The average molecular weight is 265 g/mol. The van der Waals surface area contributed by atoms with Crippen LogP contribution in [0, 0.1) is 5.92 Å². The summed E-state index contributed by atoms with van der Waals surface area (Å²) < 4.78 is 4.65. The molecular formula is C13H19N3O3. The van der Waals surface area contributed by atoms with Gasteiger partial charge in [0.2, 0.25) is 5.91 Å². The molecule has 0 bridgehead atoms. The molecule has 0 saturated carbocycles. The number of methoxy groups -OCH3 is 1. The summed E-state index contributed by atoms with van der Waals surface area (Å²) in [6.07, 6.45) is 1.59. The van der Waals surface area contributed by atoms with Crippen molar-refractivity contribution in [3.05, 3.63) is 24.0 Å². The van der Waals surface area contributed by atoms with Crippen molar-refractivity contribution in [2.45, 2.75) is 26.3 Å². The highest BCUT2D eigenvalue weighted by Gasteiger charge is 2.24. The minimum atomic E-state index is -0.647. The maximum atomic E-state index is 11.8. The maximum Gasteiger partial charge on any atom is 0.328 e. The third-order valence-electron chi connectivity index (χ3n) is 2.63. The molecule has 0 aromatic carbocycles. The van der Waals surface area contributed by atoms with E-state index in [2.05, 4.69) is 15.0 Å². The van der Waals surface area contributed by atoms with E-state index in [1.807, 2.05) is 13.8 Å². The molecule has 6 heteroatoms. The van der Waals surface area contributed by atoms with Crippen LogP contribution in [0.25, 0.3) is 0 Å². The van der Waals surface area contributed by atoms with E-state index in [0.29, 0.717) is 11.4 Å². The molecule has 0 aliphatic heterocycles. The number of aromatic nitrogens is 1. The van der Waals surface area contributed by atoms with Crippen molar-refractivity contribution in [1.82, 2.24) is 10.3 Å². The third-order valence-corrected chi connectivity index (χ3v) is 2.63. The number of esters is 1. The van der Waals surface area contributed by atoms with Gasteiger partial charge in [-0.05, 0) is 18.1 Å². The summed E-state index contributed by atoms with van der Waals surface area (Å²) in [7, 11) is 1.30. The predicted molar refractivity (Wildman–Crippen MR) is 71.1 cm³/mol. The first-order valence-electron chi connectivity index (χ1n) is 6.01. The molecule has 0 spiro atoms. The first-order chi connectivity index (χ1) is 8.93. The van der Waals surface area contributed by atoms with Gasteiger partial charge in [-0.15, -0.1) is 0 Å². The SMILES string of the molecule is COC(=O)[C@@H](NC(=O)Cc1ccc(N)cn1)C(C)C. The van der Waals surface area contributed by atoms with Crippen LogP contribution in [0.4, 0.5) is 5.69 Å². The van der Waals surface area contributed by atoms with Crippen molar-refractivity contribution >= 4 is 17.6 Å². The smallest absolute Gasteiger partial charge is 0.328 e. The summed E-state index contributed by atoms with van der Waals surface area (Å²) in [5, 5.41) is 2.65. The molecule has 1 atom stereocenters. The Hall–Kier alpha value is -2.11. The minimum Gasteiger partial charge on any atom is -0.467 e. The van der Waals surface area contributed by atoms with Crippen LogP contribution >= 0.6 is 0 Å². The molecule has 1 rings (SSSR count). The van der Waals surface area contributed by atoms with Crippen LogP contribution in [0.1, 0.15) is 19.5 Å². The van der Waals surface area contributed by atoms with Crippen molar-refractivity contribution in [3.63, 3.8) is 0 Å². The second-order valence-corrected chi connectivity index (χ2v) is 4.57. The molecule has 1 amide bonds. The van der Waals surface area contributed by atoms with Crippen molar-refractivity contribution < 1.29 is 14.3 Å². The zero-order valence-electron chi connectivity index (χ0n) is 11.3. The number of pyridine rings is 1. The summed E-state index contributed by atoms with van der Waals surface area (Å²) in [5.74, 6) is -0.772. The van der Waals surface area contributed by atoms with Gasteiger partial charge in [0.05, 0.1) is 25.4 Å². The van der Waals surface area contributed by atoms with Crippen LogP contribution in [0.15, 0.2) is 18.3 Å². The van der Waals surface area contributed by atoms with Gasteiger partial charge in [-0.25, -0.2) is 4.79 Å². The Bertz CT molecular complexity index is 443. The van der Waals surface area contributed by atoms with Gasteiger partial charge < -0.3 is 15.8 Å². The fraction of sp³-hybridized carbons (Fsp3) is 0.462. The largest absolute Gasteiger partial charge is 0.467 e. The molecule has 1 aromatic rings. The Morgan fingerprint density at radius 2 is 2.11 bits per heavy atom. The van der Waals surface area contributed by atoms with E-state index in [9.17, 15) is 9.59 Å². The van der Waals surface area contributed by atoms with Gasteiger partial charge in [0, 0.05) is 5.69 Å². The lowest BCUT2D eigenvalue weighted by atomic mass is 10.0. The minimum absolute atomic E-state index is 0.0456. The zero-order chi connectivity index (χ0) is 14.4. The van der Waals surface area contributed by atoms with Crippen LogP contribution < -0.4 is 11.1 Å². The van der Waals surface area contributed by atoms with E-state index < -0.39 is 12.0 Å². The van der Waals surface area contributed by atoms with Crippen LogP contribution in [-0.2, 0) is 20.7 Å². The van der Waals surface area contributed by atoms with Gasteiger partial charge in [-0.1, -0.05) is 13.8 Å². The quantitative estimate of drug-likeness (QED) is 0.757. The van der Waals surface area contributed by atoms with Gasteiger partial charge >= 0.3 is 5.97 Å². The molecule has 19 heavy (non-hydrogen) atoms. The van der Waals surface area contributed by atoms with Crippen LogP contribution in [0.5, 0.6) is 0 Å². The number of nitrogens with one attached hydrogen (secondary N) is 1. The van der Waals surface area contributed by atoms with Crippen LogP contribution in [-0.4, -0.2) is 30.0 Å². The number of carbonyl (C=O) groups is 2. The molecule has 1 heterocycles. The number of ether oxygens (including phenoxy) is 1. The molecule has 0 aliphatic rings. The maximum absolute atomic E-state index is 11.8. The van der Waals surface area contributed by atoms with Crippen molar-refractivity contribution in [2.24, 2.45) is 5.92 Å². The summed E-state index contributed by atoms with van der Waals surface area (Å²) in [4.78, 5) is 27.4. The summed E-state index contributed by atoms with van der Waals surface area (Å²) >= 11 is 0. The predicted octanol–water partition coefficient (Wildman–Crippen LogP) is 0.520. The highest BCUT2D eigenvalue weighted by Crippen LogP contribution is 2.05. The van der Waals surface area contributed by atoms with E-state index in [1.54, 1.807) is 12.1 Å². The number of carbonyl (C=O) groups excluding carboxylic acids is 2. The number of rotatable bonds is 5. The topological polar surface area (TPSA) is 94.3 Å². The molecule has 1 aromatic heterocycles. The average Bonchev–Trinajstić information content (AvgIpc) is 2.37. The zero-order valence-corrected chi connectivity index (χ0v) is 11.3. The number of amides is 1. The summed E-state index contributed by atoms with van der Waals surface area (Å²) in [6.45, 7) is 3.67. The lowest BCUT2D eigenvalue weighted by Crippen LogP contribution is -2.45. The molecule has 0 fully saturated rings. The van der Waals surface area contributed by atoms with E-state index in [1.165, 1.54) is 13.3 Å². The normalized spacial score (nSPS) is 12.0. The highest BCUT2D eigenvalue weighted by atomic mass is 16.5. The Labute approximate surface area is 112 Å². The molecular weight excluding hydrogens is 246 g/mol. The second-order valence-electron chi connectivity index (χ2n) is 4.57. The molecule has 0 aliphatic carbocycles. The van der Waals surface area contributed by atoms with Crippen molar-refractivity contribution in [3.8, 4) is 0 Å². The standard InChI is InChI=1S/C13H19N3O3/c1-8(2)12(13(18)19-3)16-11(17)6-10-5-4-9(14)7-15-10/h4-5,7-8,12H,6,14H2,1-3H3,(H,16,17)/t12-/m0/s1. The van der Waals surface area contributed by atoms with E-state index in [-0.39, 0.29) is 18.2 Å². The first kappa shape index (κ1) is 14.9. The number of hydrogen-bond acceptors (Lipinski definition) is 5. The van der Waals surface area contributed by atoms with Gasteiger partial charge in [0.1, 0.15) is 6.04 Å². The lowest BCUT2D eigenvalue weighted by molar-refractivity contribution is -0.146. The number of anilines is 1. The fourth-order valence-corrected chi connectivity index (χ4v) is 1.55. The van der Waals surface area contributed by atoms with Gasteiger partial charge in [-0.2, -0.15) is 0 Å². The number of nitrogens with two attached hydrogens (primary N) is 1.